The summed E-state index contributed by atoms with van der Waals surface area (Å²) >= 11 is 0. The molecule has 13 heteroatoms. The molecule has 0 unspecified atom stereocenters. The highest BCUT2D eigenvalue weighted by atomic mass is 16.5. The standard InChI is InChI=1S/C16H35NO2.C15H33NO2.C15H32O2.C14H31NO2.C9H22N2/c1-15(2,3)9-7-11-18-13-14-19-12-8-10-17-16(4,5)6;1-14(2,3)8-7-10-17-12-13-18-11-9-16-15(4,5)6;1-14(2,3)8-7-10-16-12-13-17-11-9-15(4,5)6;1-13(2,3)7-9-16-11-12-17-10-8-15-14(4,5)6;1-8(2,3)10-7-11-9(4,5)6/h17H,7-14H2,1-6H3;16H,7-13H2,1-6H3;7-13H2,1-6H3;15H,7-12H2,1-6H3;10-11H,7H2,1-6H3. The van der Waals surface area contributed by atoms with Gasteiger partial charge >= 0.3 is 0 Å². The fourth-order valence-electron chi connectivity index (χ4n) is 6.37. The van der Waals surface area contributed by atoms with Gasteiger partial charge in [-0.1, -0.05) is 104 Å². The van der Waals surface area contributed by atoms with Crippen molar-refractivity contribution >= 4 is 0 Å². The van der Waals surface area contributed by atoms with E-state index in [2.05, 4.69) is 234 Å². The summed E-state index contributed by atoms with van der Waals surface area (Å²) in [4.78, 5) is 0. The molecule has 0 fully saturated rings. The maximum absolute atomic E-state index is 5.55. The summed E-state index contributed by atoms with van der Waals surface area (Å²) < 4.78 is 44.2. The number of rotatable bonds is 37. The lowest BCUT2D eigenvalue weighted by Gasteiger charge is -2.26. The van der Waals surface area contributed by atoms with Crippen molar-refractivity contribution in [2.75, 3.05) is 132 Å². The monoisotopic (exact) mass is 1180 g/mol. The van der Waals surface area contributed by atoms with Crippen molar-refractivity contribution in [3.05, 3.63) is 0 Å². The smallest absolute Gasteiger partial charge is 0.0701 e. The van der Waals surface area contributed by atoms with E-state index in [1.807, 2.05) is 0 Å². The molecule has 0 aromatic carbocycles. The summed E-state index contributed by atoms with van der Waals surface area (Å²) in [5.74, 6) is 0. The second-order valence-corrected chi connectivity index (χ2v) is 33.4. The van der Waals surface area contributed by atoms with Crippen molar-refractivity contribution in [3.8, 4) is 0 Å². The van der Waals surface area contributed by atoms with Gasteiger partial charge in [0.05, 0.1) is 66.1 Å². The molecule has 0 radical (unpaired) electrons. The van der Waals surface area contributed by atoms with Crippen LogP contribution in [0.4, 0.5) is 0 Å². The summed E-state index contributed by atoms with van der Waals surface area (Å²) in [5.41, 5.74) is 2.95. The zero-order chi connectivity index (χ0) is 64.7. The summed E-state index contributed by atoms with van der Waals surface area (Å²) in [7, 11) is 0. The third kappa shape index (κ3) is 111. The van der Waals surface area contributed by atoms with E-state index >= 15 is 0 Å². The van der Waals surface area contributed by atoms with E-state index in [0.717, 1.165) is 138 Å². The lowest BCUT2D eigenvalue weighted by atomic mass is 9.91. The Kier molecular flexibility index (Phi) is 54.3. The molecule has 0 aromatic heterocycles. The van der Waals surface area contributed by atoms with Gasteiger partial charge in [0.15, 0.2) is 0 Å². The zero-order valence-electron chi connectivity index (χ0n) is 61.3. The van der Waals surface area contributed by atoms with Gasteiger partial charge in [0, 0.05) is 87.1 Å². The average molecular weight is 1180 g/mol. The first-order valence-corrected chi connectivity index (χ1v) is 32.4. The highest BCUT2D eigenvalue weighted by molar-refractivity contribution is 4.75. The predicted octanol–water partition coefficient (Wildman–Crippen LogP) is 15.7. The van der Waals surface area contributed by atoms with Crippen molar-refractivity contribution in [1.82, 2.24) is 26.6 Å². The first-order valence-electron chi connectivity index (χ1n) is 32.4. The molecule has 82 heavy (non-hydrogen) atoms. The SMILES string of the molecule is CC(C)(C)CCCOCCOCCC(C)(C)C.CC(C)(C)CCCOCCOCCCNC(C)(C)C.CC(C)(C)CCCOCCOCCNC(C)(C)C.CC(C)(C)CCOCCOCCNC(C)(C)C.CC(C)(C)NCNC(C)(C)C. The molecule has 502 valence electrons. The molecule has 0 saturated carbocycles. The van der Waals surface area contributed by atoms with Crippen LogP contribution < -0.4 is 26.6 Å². The summed E-state index contributed by atoms with van der Waals surface area (Å²) in [6.07, 6.45) is 10.3. The molecule has 0 rings (SSSR count). The van der Waals surface area contributed by atoms with Crippen molar-refractivity contribution in [1.29, 1.82) is 0 Å². The minimum absolute atomic E-state index is 0.173. The molecular weight excluding hydrogens is 1030 g/mol. The third-order valence-corrected chi connectivity index (χ3v) is 11.3. The fourth-order valence-corrected chi connectivity index (χ4v) is 6.37. The van der Waals surface area contributed by atoms with Crippen molar-refractivity contribution in [3.63, 3.8) is 0 Å². The molecule has 0 amide bonds. The number of ether oxygens (including phenoxy) is 8. The van der Waals surface area contributed by atoms with Crippen LogP contribution >= 0.6 is 0 Å². The van der Waals surface area contributed by atoms with Crippen molar-refractivity contribution in [2.45, 2.75) is 293 Å². The zero-order valence-corrected chi connectivity index (χ0v) is 61.3. The van der Waals surface area contributed by atoms with E-state index in [1.54, 1.807) is 0 Å². The molecule has 0 aliphatic heterocycles. The first-order chi connectivity index (χ1) is 37.0. The highest BCUT2D eigenvalue weighted by Crippen LogP contribution is 2.22. The molecule has 0 bridgehead atoms. The maximum Gasteiger partial charge on any atom is 0.0701 e. The van der Waals surface area contributed by atoms with Gasteiger partial charge in [-0.25, -0.2) is 0 Å². The predicted molar refractivity (Wildman–Crippen MR) is 359 cm³/mol. The van der Waals surface area contributed by atoms with Crippen LogP contribution in [0, 0.1) is 27.1 Å². The Hall–Kier alpha value is -0.520. The Morgan fingerprint density at radius 3 is 0.598 bits per heavy atom. The summed E-state index contributed by atoms with van der Waals surface area (Å²) in [6, 6.07) is 0. The molecule has 0 aliphatic carbocycles. The van der Waals surface area contributed by atoms with Gasteiger partial charge in [-0.3, -0.25) is 10.6 Å². The fraction of sp³-hybridized carbons (Fsp3) is 1.00. The topological polar surface area (TPSA) is 134 Å². The van der Waals surface area contributed by atoms with E-state index < -0.39 is 0 Å². The Balaban J connectivity index is -0.000000304. The lowest BCUT2D eigenvalue weighted by molar-refractivity contribution is 0.0359. The molecule has 0 heterocycles. The van der Waals surface area contributed by atoms with E-state index in [1.165, 1.54) is 19.3 Å². The van der Waals surface area contributed by atoms with Crippen molar-refractivity contribution < 1.29 is 37.9 Å². The molecule has 5 N–H and O–H groups in total. The minimum atomic E-state index is 0.173. The Morgan fingerprint density at radius 1 is 0.183 bits per heavy atom. The van der Waals surface area contributed by atoms with Gasteiger partial charge in [-0.15, -0.1) is 0 Å². The number of hydrogen-bond acceptors (Lipinski definition) is 13. The van der Waals surface area contributed by atoms with Gasteiger partial charge < -0.3 is 53.8 Å². The Labute approximate surface area is 514 Å². The summed E-state index contributed by atoms with van der Waals surface area (Å²) in [6.45, 7) is 82.1. The molecule has 0 aliphatic rings. The third-order valence-electron chi connectivity index (χ3n) is 11.3. The van der Waals surface area contributed by atoms with E-state index in [9.17, 15) is 0 Å². The molecule has 0 aromatic rings. The molecule has 0 spiro atoms. The van der Waals surface area contributed by atoms with E-state index in [-0.39, 0.29) is 27.7 Å². The van der Waals surface area contributed by atoms with Crippen LogP contribution in [0.5, 0.6) is 0 Å². The largest absolute Gasteiger partial charge is 0.379 e. The molecule has 0 saturated heterocycles. The van der Waals surface area contributed by atoms with Crippen LogP contribution in [0.15, 0.2) is 0 Å². The van der Waals surface area contributed by atoms with Crippen LogP contribution in [0.25, 0.3) is 0 Å². The lowest BCUT2D eigenvalue weighted by Crippen LogP contribution is -2.48. The van der Waals surface area contributed by atoms with Crippen molar-refractivity contribution in [2.24, 2.45) is 27.1 Å². The Morgan fingerprint density at radius 2 is 0.378 bits per heavy atom. The number of hydrogen-bond donors (Lipinski definition) is 5. The average Bonchev–Trinajstić information content (AvgIpc) is 3.25. The van der Waals surface area contributed by atoms with E-state index in [0.29, 0.717) is 60.1 Å². The molecule has 0 atom stereocenters. The van der Waals surface area contributed by atoms with Gasteiger partial charge in [0.25, 0.3) is 0 Å². The van der Waals surface area contributed by atoms with Crippen LogP contribution in [-0.2, 0) is 37.9 Å². The van der Waals surface area contributed by atoms with Gasteiger partial charge in [0.2, 0.25) is 0 Å². The quantitative estimate of drug-likeness (QED) is 0.0299. The van der Waals surface area contributed by atoms with Crippen LogP contribution in [-0.4, -0.2) is 160 Å². The van der Waals surface area contributed by atoms with Gasteiger partial charge in [-0.2, -0.15) is 0 Å². The normalized spacial score (nSPS) is 13.1. The summed E-state index contributed by atoms with van der Waals surface area (Å²) in [5, 5.41) is 16.9. The van der Waals surface area contributed by atoms with Gasteiger partial charge in [-0.05, 0) is 195 Å². The van der Waals surface area contributed by atoms with Gasteiger partial charge in [0.1, 0.15) is 0 Å². The highest BCUT2D eigenvalue weighted by Gasteiger charge is 2.15. The maximum atomic E-state index is 5.55. The van der Waals surface area contributed by atoms with Crippen LogP contribution in [0.2, 0.25) is 0 Å². The van der Waals surface area contributed by atoms with Crippen LogP contribution in [0.1, 0.15) is 265 Å². The molecule has 13 nitrogen and oxygen atoms in total. The minimum Gasteiger partial charge on any atom is -0.379 e. The number of nitrogens with one attached hydrogen (secondary N) is 5. The van der Waals surface area contributed by atoms with E-state index in [4.69, 9.17) is 37.9 Å². The first kappa shape index (κ1) is 90.2. The van der Waals surface area contributed by atoms with Crippen LogP contribution in [0.3, 0.4) is 0 Å². The molecular formula is C69H153N5O8. The second kappa shape index (κ2) is 49.4. The Bertz CT molecular complexity index is 1190. The second-order valence-electron chi connectivity index (χ2n) is 33.4.